The van der Waals surface area contributed by atoms with Gasteiger partial charge in [0, 0.05) is 0 Å². The summed E-state index contributed by atoms with van der Waals surface area (Å²) in [5.74, 6) is -0.566. The number of rotatable bonds is 6. The van der Waals surface area contributed by atoms with Crippen LogP contribution in [-0.2, 0) is 4.74 Å². The highest BCUT2D eigenvalue weighted by molar-refractivity contribution is 6.39. The van der Waals surface area contributed by atoms with E-state index in [1.165, 1.54) is 0 Å². The Morgan fingerprint density at radius 3 is 2.46 bits per heavy atom. The molecule has 24 heavy (non-hydrogen) atoms. The van der Waals surface area contributed by atoms with Gasteiger partial charge in [-0.15, -0.1) is 0 Å². The van der Waals surface area contributed by atoms with Gasteiger partial charge in [-0.2, -0.15) is 5.26 Å². The van der Waals surface area contributed by atoms with E-state index in [1.54, 1.807) is 24.3 Å². The number of ether oxygens (including phenoxy) is 1. The van der Waals surface area contributed by atoms with Crippen molar-refractivity contribution in [3.05, 3.63) is 75.8 Å². The molecule has 0 saturated carbocycles. The van der Waals surface area contributed by atoms with Crippen molar-refractivity contribution in [2.45, 2.75) is 6.23 Å². The summed E-state index contributed by atoms with van der Waals surface area (Å²) in [7, 11) is 0. The van der Waals surface area contributed by atoms with Crippen LogP contribution in [0.15, 0.2) is 54.6 Å². The van der Waals surface area contributed by atoms with E-state index in [-0.39, 0.29) is 22.2 Å². The molecule has 1 amide bonds. The number of halogens is 2. The Hall–Kier alpha value is -2.32. The highest BCUT2D eigenvalue weighted by atomic mass is 35.5. The quantitative estimate of drug-likeness (QED) is 0.781. The van der Waals surface area contributed by atoms with Gasteiger partial charge < -0.3 is 10.1 Å². The van der Waals surface area contributed by atoms with Gasteiger partial charge in [-0.3, -0.25) is 4.79 Å². The highest BCUT2D eigenvalue weighted by Gasteiger charge is 2.18. The first-order valence-electron chi connectivity index (χ1n) is 7.09. The summed E-state index contributed by atoms with van der Waals surface area (Å²) < 4.78 is 5.32. The summed E-state index contributed by atoms with van der Waals surface area (Å²) in [5.41, 5.74) is 1.13. The number of nitrogens with zero attached hydrogens (tertiary/aromatic N) is 1. The number of benzene rings is 2. The number of amides is 1. The number of hydrogen-bond acceptors (Lipinski definition) is 3. The van der Waals surface area contributed by atoms with E-state index in [4.69, 9.17) is 33.2 Å². The van der Waals surface area contributed by atoms with Crippen molar-refractivity contribution in [3.63, 3.8) is 0 Å². The molecular weight excluding hydrogens is 347 g/mol. The average molecular weight is 361 g/mol. The van der Waals surface area contributed by atoms with Gasteiger partial charge in [0.1, 0.15) is 6.07 Å². The molecule has 2 aromatic carbocycles. The molecule has 0 radical (unpaired) electrons. The molecule has 0 fully saturated rings. The maximum Gasteiger partial charge on any atom is 0.257 e. The largest absolute Gasteiger partial charge is 0.341 e. The lowest BCUT2D eigenvalue weighted by molar-refractivity contribution is 0.0671. The zero-order valence-electron chi connectivity index (χ0n) is 12.6. The van der Waals surface area contributed by atoms with Crippen molar-refractivity contribution in [1.82, 2.24) is 5.32 Å². The molecule has 4 nitrogen and oxygen atoms in total. The summed E-state index contributed by atoms with van der Waals surface area (Å²) in [5, 5.41) is 12.0. The fourth-order valence-electron chi connectivity index (χ4n) is 1.92. The second-order valence-electron chi connectivity index (χ2n) is 4.73. The van der Waals surface area contributed by atoms with Crippen molar-refractivity contribution in [1.29, 1.82) is 5.26 Å². The molecule has 1 atom stereocenters. The maximum absolute atomic E-state index is 12.2. The lowest BCUT2D eigenvalue weighted by Gasteiger charge is -2.13. The van der Waals surface area contributed by atoms with Crippen LogP contribution in [0.4, 0.5) is 0 Å². The minimum atomic E-state index is -1.11. The molecular formula is C18H14Cl2N2O2. The van der Waals surface area contributed by atoms with Crippen molar-refractivity contribution < 1.29 is 9.53 Å². The van der Waals surface area contributed by atoms with Gasteiger partial charge in [-0.1, -0.05) is 71.8 Å². The van der Waals surface area contributed by atoms with Gasteiger partial charge in [0.05, 0.1) is 22.2 Å². The zero-order chi connectivity index (χ0) is 17.4. The second-order valence-corrected chi connectivity index (χ2v) is 5.54. The fourth-order valence-corrected chi connectivity index (χ4v) is 2.49. The normalized spacial score (nSPS) is 11.9. The molecule has 0 saturated heterocycles. The van der Waals surface area contributed by atoms with Gasteiger partial charge in [0.25, 0.3) is 5.91 Å². The lowest BCUT2D eigenvalue weighted by atomic mass is 10.2. The van der Waals surface area contributed by atoms with E-state index >= 15 is 0 Å². The molecule has 0 aliphatic heterocycles. The Kier molecular flexibility index (Phi) is 6.83. The Morgan fingerprint density at radius 1 is 1.17 bits per heavy atom. The second kappa shape index (κ2) is 9.09. The van der Waals surface area contributed by atoms with Crippen LogP contribution in [0.25, 0.3) is 6.08 Å². The third kappa shape index (κ3) is 5.10. The number of hydrogen-bond donors (Lipinski definition) is 1. The summed E-state index contributed by atoms with van der Waals surface area (Å²) >= 11 is 11.9. The third-order valence-corrected chi connectivity index (χ3v) is 3.67. The van der Waals surface area contributed by atoms with E-state index < -0.39 is 12.1 Å². The Morgan fingerprint density at radius 2 is 1.83 bits per heavy atom. The molecule has 6 heteroatoms. The molecule has 122 valence electrons. The first kappa shape index (κ1) is 18.0. The Balaban J connectivity index is 1.92. The zero-order valence-corrected chi connectivity index (χ0v) is 14.1. The molecule has 1 unspecified atom stereocenters. The fraction of sp³-hybridized carbons (Fsp3) is 0.111. The molecule has 0 aliphatic rings. The summed E-state index contributed by atoms with van der Waals surface area (Å²) in [6.07, 6.45) is 2.51. The molecule has 2 rings (SSSR count). The number of carbonyl (C=O) groups is 1. The van der Waals surface area contributed by atoms with Crippen LogP contribution < -0.4 is 5.32 Å². The summed E-state index contributed by atoms with van der Waals surface area (Å²) in [6, 6.07) is 16.3. The molecule has 1 N–H and O–H groups in total. The number of nitriles is 1. The first-order valence-corrected chi connectivity index (χ1v) is 7.85. The summed E-state index contributed by atoms with van der Waals surface area (Å²) in [4.78, 5) is 12.2. The number of carbonyl (C=O) groups excluding carboxylic acids is 1. The van der Waals surface area contributed by atoms with E-state index in [9.17, 15) is 4.79 Å². The predicted molar refractivity (Wildman–Crippen MR) is 94.8 cm³/mol. The smallest absolute Gasteiger partial charge is 0.257 e. The van der Waals surface area contributed by atoms with Crippen LogP contribution in [0.1, 0.15) is 15.9 Å². The maximum atomic E-state index is 12.2. The van der Waals surface area contributed by atoms with Crippen LogP contribution in [0.5, 0.6) is 0 Å². The first-order chi connectivity index (χ1) is 11.6. The molecule has 0 spiro atoms. The lowest BCUT2D eigenvalue weighted by Crippen LogP contribution is -2.36. The molecule has 0 aromatic heterocycles. The van der Waals surface area contributed by atoms with Gasteiger partial charge in [-0.25, -0.2) is 0 Å². The van der Waals surface area contributed by atoms with E-state index in [2.05, 4.69) is 5.32 Å². The van der Waals surface area contributed by atoms with Gasteiger partial charge in [-0.05, 0) is 17.7 Å². The van der Waals surface area contributed by atoms with Crippen molar-refractivity contribution in [3.8, 4) is 6.07 Å². The van der Waals surface area contributed by atoms with Crippen LogP contribution in [0, 0.1) is 11.3 Å². The van der Waals surface area contributed by atoms with Crippen LogP contribution in [-0.4, -0.2) is 18.7 Å². The van der Waals surface area contributed by atoms with E-state index in [0.717, 1.165) is 5.56 Å². The Bertz CT molecular complexity index is 750. The van der Waals surface area contributed by atoms with Crippen molar-refractivity contribution in [2.75, 3.05) is 6.61 Å². The Labute approximate surface area is 150 Å². The van der Waals surface area contributed by atoms with Crippen LogP contribution in [0.3, 0.4) is 0 Å². The molecule has 0 bridgehead atoms. The number of nitrogens with one attached hydrogen (secondary N) is 1. The van der Waals surface area contributed by atoms with Gasteiger partial charge >= 0.3 is 0 Å². The van der Waals surface area contributed by atoms with E-state index in [1.807, 2.05) is 42.5 Å². The minimum absolute atomic E-state index is 0.115. The van der Waals surface area contributed by atoms with Crippen molar-refractivity contribution >= 4 is 35.2 Å². The predicted octanol–water partition coefficient (Wildman–Crippen LogP) is 4.30. The topological polar surface area (TPSA) is 62.1 Å². The van der Waals surface area contributed by atoms with Crippen LogP contribution in [0.2, 0.25) is 10.0 Å². The third-order valence-electron chi connectivity index (χ3n) is 3.04. The van der Waals surface area contributed by atoms with Gasteiger partial charge in [0.15, 0.2) is 0 Å². The minimum Gasteiger partial charge on any atom is -0.341 e. The molecule has 2 aromatic rings. The highest BCUT2D eigenvalue weighted by Crippen LogP contribution is 2.24. The standard InChI is InChI=1S/C18H14Cl2N2O2/c19-14-9-4-10-15(20)17(14)18(23)22-16(12-21)24-11-5-8-13-6-2-1-3-7-13/h1-10,16H,11H2,(H,22,23). The molecule has 0 aliphatic carbocycles. The van der Waals surface area contributed by atoms with Gasteiger partial charge in [0.2, 0.25) is 6.23 Å². The average Bonchev–Trinajstić information content (AvgIpc) is 2.58. The van der Waals surface area contributed by atoms with Crippen LogP contribution >= 0.6 is 23.2 Å². The molecule has 0 heterocycles. The SMILES string of the molecule is N#CC(NC(=O)c1c(Cl)cccc1Cl)OCC=Cc1ccccc1. The van der Waals surface area contributed by atoms with E-state index in [0.29, 0.717) is 0 Å². The summed E-state index contributed by atoms with van der Waals surface area (Å²) in [6.45, 7) is 0.170. The van der Waals surface area contributed by atoms with Crippen molar-refractivity contribution in [2.24, 2.45) is 0 Å². The monoisotopic (exact) mass is 360 g/mol.